The second-order valence-electron chi connectivity index (χ2n) is 6.77. The molecule has 1 aromatic carbocycles. The highest BCUT2D eigenvalue weighted by molar-refractivity contribution is 7.89. The van der Waals surface area contributed by atoms with Crippen molar-refractivity contribution < 1.29 is 26.4 Å². The van der Waals surface area contributed by atoms with Crippen molar-refractivity contribution in [1.82, 2.24) is 9.62 Å². The van der Waals surface area contributed by atoms with E-state index < -0.39 is 27.8 Å². The molecule has 0 bridgehead atoms. The molecule has 2 heterocycles. The lowest BCUT2D eigenvalue weighted by molar-refractivity contribution is -0.137. The second kappa shape index (κ2) is 8.85. The summed E-state index contributed by atoms with van der Waals surface area (Å²) in [5, 5.41) is 4.73. The zero-order valence-corrected chi connectivity index (χ0v) is 17.1. The third kappa shape index (κ3) is 5.18. The molecule has 158 valence electrons. The van der Waals surface area contributed by atoms with Crippen LogP contribution in [-0.4, -0.2) is 37.8 Å². The van der Waals surface area contributed by atoms with E-state index in [1.807, 2.05) is 17.5 Å². The summed E-state index contributed by atoms with van der Waals surface area (Å²) in [5.74, 6) is -0.378. The molecule has 1 fully saturated rings. The number of amides is 1. The normalized spacial score (nSPS) is 18.5. The third-order valence-corrected chi connectivity index (χ3v) is 7.65. The molecule has 0 spiro atoms. The van der Waals surface area contributed by atoms with Gasteiger partial charge in [0.05, 0.1) is 10.5 Å². The van der Waals surface area contributed by atoms with E-state index >= 15 is 0 Å². The fraction of sp³-hybridized carbons (Fsp3) is 0.421. The highest BCUT2D eigenvalue weighted by atomic mass is 32.2. The molecular weight excluding hydrogens is 425 g/mol. The minimum atomic E-state index is -4.54. The van der Waals surface area contributed by atoms with Gasteiger partial charge in [0.15, 0.2) is 0 Å². The first-order valence-electron chi connectivity index (χ1n) is 9.19. The lowest BCUT2D eigenvalue weighted by atomic mass is 10.0. The molecule has 2 aromatic rings. The van der Waals surface area contributed by atoms with Crippen LogP contribution in [0.1, 0.15) is 29.7 Å². The third-order valence-electron chi connectivity index (χ3n) is 4.80. The van der Waals surface area contributed by atoms with Crippen LogP contribution in [-0.2, 0) is 27.4 Å². The van der Waals surface area contributed by atoms with Crippen LogP contribution in [0.3, 0.4) is 0 Å². The molecule has 1 aliphatic rings. The number of nitrogens with one attached hydrogen (secondary N) is 1. The van der Waals surface area contributed by atoms with Crippen LogP contribution in [0.5, 0.6) is 0 Å². The molecule has 10 heteroatoms. The van der Waals surface area contributed by atoms with Gasteiger partial charge in [-0.1, -0.05) is 12.5 Å². The van der Waals surface area contributed by atoms with Crippen LogP contribution in [0.4, 0.5) is 13.2 Å². The van der Waals surface area contributed by atoms with Gasteiger partial charge in [0.2, 0.25) is 15.9 Å². The summed E-state index contributed by atoms with van der Waals surface area (Å²) in [5.41, 5.74) is -0.919. The highest BCUT2D eigenvalue weighted by Gasteiger charge is 2.38. The summed E-state index contributed by atoms with van der Waals surface area (Å²) in [6.07, 6.45) is -2.20. The molecule has 1 amide bonds. The van der Waals surface area contributed by atoms with E-state index in [0.29, 0.717) is 32.2 Å². The van der Waals surface area contributed by atoms with E-state index in [1.165, 1.54) is 0 Å². The van der Waals surface area contributed by atoms with Gasteiger partial charge in [0.1, 0.15) is 6.04 Å². The van der Waals surface area contributed by atoms with Crippen molar-refractivity contribution in [2.24, 2.45) is 0 Å². The number of nitrogens with zero attached hydrogens (tertiary/aromatic N) is 1. The standard InChI is InChI=1S/C19H21F3N2O3S2/c20-19(21,22)14-6-8-16(9-7-14)29(26,27)24-12-2-1-5-17(24)18(25)23-11-10-15-4-3-13-28-15/h3-4,6-9,13,17H,1-2,5,10-12H2,(H,23,25). The molecular formula is C19H21F3N2O3S2. The zero-order chi connectivity index (χ0) is 21.1. The minimum absolute atomic E-state index is 0.159. The number of sulfonamides is 1. The van der Waals surface area contributed by atoms with Crippen molar-refractivity contribution in [2.75, 3.05) is 13.1 Å². The lowest BCUT2D eigenvalue weighted by Gasteiger charge is -2.33. The first-order chi connectivity index (χ1) is 13.7. The topological polar surface area (TPSA) is 66.5 Å². The fourth-order valence-electron chi connectivity index (χ4n) is 3.29. The van der Waals surface area contributed by atoms with Crippen LogP contribution < -0.4 is 5.32 Å². The summed E-state index contributed by atoms with van der Waals surface area (Å²) in [6.45, 7) is 0.552. The molecule has 5 nitrogen and oxygen atoms in total. The van der Waals surface area contributed by atoms with Gasteiger partial charge in [-0.2, -0.15) is 17.5 Å². The molecule has 1 aromatic heterocycles. The van der Waals surface area contributed by atoms with E-state index in [4.69, 9.17) is 0 Å². The Morgan fingerprint density at radius 1 is 1.17 bits per heavy atom. The van der Waals surface area contributed by atoms with Crippen molar-refractivity contribution in [3.8, 4) is 0 Å². The molecule has 0 radical (unpaired) electrons. The molecule has 1 aliphatic heterocycles. The molecule has 1 unspecified atom stereocenters. The maximum atomic E-state index is 13.0. The Labute approximate surface area is 171 Å². The van der Waals surface area contributed by atoms with Crippen molar-refractivity contribution in [3.05, 3.63) is 52.2 Å². The monoisotopic (exact) mass is 446 g/mol. The Bertz CT molecular complexity index is 927. The molecule has 3 rings (SSSR count). The number of rotatable bonds is 6. The summed E-state index contributed by atoms with van der Waals surface area (Å²) in [7, 11) is -4.08. The Morgan fingerprint density at radius 2 is 1.90 bits per heavy atom. The molecule has 29 heavy (non-hydrogen) atoms. The number of piperidine rings is 1. The van der Waals surface area contributed by atoms with E-state index in [0.717, 1.165) is 33.4 Å². The van der Waals surface area contributed by atoms with Crippen LogP contribution in [0.25, 0.3) is 0 Å². The minimum Gasteiger partial charge on any atom is -0.354 e. The van der Waals surface area contributed by atoms with Crippen molar-refractivity contribution in [2.45, 2.75) is 42.8 Å². The number of hydrogen-bond acceptors (Lipinski definition) is 4. The number of hydrogen-bond donors (Lipinski definition) is 1. The Balaban J connectivity index is 1.72. The van der Waals surface area contributed by atoms with Crippen LogP contribution in [0, 0.1) is 0 Å². The summed E-state index contributed by atoms with van der Waals surface area (Å²) < 4.78 is 65.3. The van der Waals surface area contributed by atoms with Crippen molar-refractivity contribution in [3.63, 3.8) is 0 Å². The fourth-order valence-corrected chi connectivity index (χ4v) is 5.65. The summed E-state index contributed by atoms with van der Waals surface area (Å²) in [4.78, 5) is 13.5. The Kier molecular flexibility index (Phi) is 6.65. The van der Waals surface area contributed by atoms with Gasteiger partial charge in [-0.25, -0.2) is 8.42 Å². The molecule has 1 saturated heterocycles. The number of benzene rings is 1. The average Bonchev–Trinajstić information content (AvgIpc) is 3.21. The largest absolute Gasteiger partial charge is 0.416 e. The lowest BCUT2D eigenvalue weighted by Crippen LogP contribution is -2.52. The molecule has 0 saturated carbocycles. The average molecular weight is 447 g/mol. The van der Waals surface area contributed by atoms with Crippen LogP contribution in [0.2, 0.25) is 0 Å². The van der Waals surface area contributed by atoms with E-state index in [-0.39, 0.29) is 17.3 Å². The van der Waals surface area contributed by atoms with Gasteiger partial charge in [0, 0.05) is 18.0 Å². The summed E-state index contributed by atoms with van der Waals surface area (Å²) >= 11 is 1.58. The maximum absolute atomic E-state index is 13.0. The quantitative estimate of drug-likeness (QED) is 0.736. The first kappa shape index (κ1) is 21.8. The SMILES string of the molecule is O=C(NCCc1cccs1)C1CCCCN1S(=O)(=O)c1ccc(C(F)(F)F)cc1. The van der Waals surface area contributed by atoms with E-state index in [1.54, 1.807) is 11.3 Å². The smallest absolute Gasteiger partial charge is 0.354 e. The Morgan fingerprint density at radius 3 is 2.52 bits per heavy atom. The number of carbonyl (C=O) groups excluding carboxylic acids is 1. The number of halogens is 3. The van der Waals surface area contributed by atoms with Gasteiger partial charge >= 0.3 is 6.18 Å². The number of alkyl halides is 3. The first-order valence-corrected chi connectivity index (χ1v) is 11.5. The van der Waals surface area contributed by atoms with Gasteiger partial charge < -0.3 is 5.32 Å². The van der Waals surface area contributed by atoms with Gasteiger partial charge in [-0.05, 0) is 55.0 Å². The van der Waals surface area contributed by atoms with Crippen molar-refractivity contribution >= 4 is 27.3 Å². The number of carbonyl (C=O) groups is 1. The second-order valence-corrected chi connectivity index (χ2v) is 9.69. The van der Waals surface area contributed by atoms with Gasteiger partial charge in [-0.3, -0.25) is 4.79 Å². The van der Waals surface area contributed by atoms with Gasteiger partial charge in [-0.15, -0.1) is 11.3 Å². The van der Waals surface area contributed by atoms with Crippen LogP contribution in [0.15, 0.2) is 46.7 Å². The maximum Gasteiger partial charge on any atom is 0.416 e. The number of thiophene rings is 1. The Hall–Kier alpha value is -1.91. The predicted molar refractivity (Wildman–Crippen MR) is 104 cm³/mol. The predicted octanol–water partition coefficient (Wildman–Crippen LogP) is 3.67. The van der Waals surface area contributed by atoms with E-state index in [9.17, 15) is 26.4 Å². The van der Waals surface area contributed by atoms with Gasteiger partial charge in [0.25, 0.3) is 0 Å². The van der Waals surface area contributed by atoms with Crippen LogP contribution >= 0.6 is 11.3 Å². The summed E-state index contributed by atoms with van der Waals surface area (Å²) in [6, 6.07) is 6.39. The molecule has 1 atom stereocenters. The molecule has 1 N–H and O–H groups in total. The van der Waals surface area contributed by atoms with E-state index in [2.05, 4.69) is 5.32 Å². The highest BCUT2D eigenvalue weighted by Crippen LogP contribution is 2.31. The molecule has 0 aliphatic carbocycles. The van der Waals surface area contributed by atoms with Crippen molar-refractivity contribution in [1.29, 1.82) is 0 Å². The zero-order valence-electron chi connectivity index (χ0n) is 15.5.